The molecule has 4 rings (SSSR count). The molecule has 2 aromatic rings. The number of rotatable bonds is 7. The van der Waals surface area contributed by atoms with Crippen LogP contribution in [0, 0.1) is 0 Å². The Bertz CT molecular complexity index is 1240. The van der Waals surface area contributed by atoms with Crippen LogP contribution in [0.1, 0.15) is 42.8 Å². The summed E-state index contributed by atoms with van der Waals surface area (Å²) in [6, 6.07) is 1.00. The number of urea groups is 1. The van der Waals surface area contributed by atoms with Gasteiger partial charge < -0.3 is 16.0 Å². The highest BCUT2D eigenvalue weighted by Gasteiger charge is 2.35. The largest absolute Gasteiger partial charge is 0.348 e. The van der Waals surface area contributed by atoms with E-state index in [1.807, 2.05) is 13.0 Å². The number of allylic oxidation sites excluding steroid dienone is 2. The summed E-state index contributed by atoms with van der Waals surface area (Å²) in [6.45, 7) is 7.14. The zero-order valence-corrected chi connectivity index (χ0v) is 19.8. The molecule has 0 aromatic carbocycles. The molecule has 0 unspecified atom stereocenters. The molecule has 0 radical (unpaired) electrons. The van der Waals surface area contributed by atoms with Gasteiger partial charge in [0.1, 0.15) is 9.71 Å². The Morgan fingerprint density at radius 2 is 2.06 bits per heavy atom. The highest BCUT2D eigenvalue weighted by molar-refractivity contribution is 7.21. The average Bonchev–Trinajstić information content (AvgIpc) is 3.42. The SMILES string of the molecule is C=CC(=O)N[C@@H]1CCC[C@@H]1NC(=O)c1sc2nccc3c2c1NC(=O)N3C(/C=C/C)=C/N=C\C. The molecule has 9 nitrogen and oxygen atoms in total. The molecule has 1 fully saturated rings. The fourth-order valence-corrected chi connectivity index (χ4v) is 5.30. The molecule has 3 N–H and O–H groups in total. The van der Waals surface area contributed by atoms with Gasteiger partial charge in [0.15, 0.2) is 0 Å². The van der Waals surface area contributed by atoms with E-state index < -0.39 is 0 Å². The number of thiophene rings is 1. The molecule has 2 atom stereocenters. The molecule has 0 saturated heterocycles. The number of amides is 4. The van der Waals surface area contributed by atoms with Crippen molar-refractivity contribution in [2.24, 2.45) is 4.99 Å². The maximum Gasteiger partial charge on any atom is 0.331 e. The molecule has 2 aliphatic rings. The maximum atomic E-state index is 13.3. The molecule has 1 aliphatic heterocycles. The third kappa shape index (κ3) is 4.36. The Kier molecular flexibility index (Phi) is 6.87. The van der Waals surface area contributed by atoms with Crippen LogP contribution in [0.4, 0.5) is 16.2 Å². The summed E-state index contributed by atoms with van der Waals surface area (Å²) >= 11 is 1.23. The molecule has 2 aromatic heterocycles. The van der Waals surface area contributed by atoms with Crippen molar-refractivity contribution >= 4 is 57.0 Å². The van der Waals surface area contributed by atoms with Crippen molar-refractivity contribution in [3.8, 4) is 0 Å². The monoisotopic (exact) mass is 478 g/mol. The maximum absolute atomic E-state index is 13.3. The van der Waals surface area contributed by atoms with Crippen molar-refractivity contribution in [3.63, 3.8) is 0 Å². The van der Waals surface area contributed by atoms with Crippen molar-refractivity contribution < 1.29 is 14.4 Å². The van der Waals surface area contributed by atoms with E-state index in [0.29, 0.717) is 32.2 Å². The quantitative estimate of drug-likeness (QED) is 0.315. The number of anilines is 2. The number of nitrogens with zero attached hydrogens (tertiary/aromatic N) is 3. The molecule has 10 heteroatoms. The molecular formula is C24H26N6O3S. The van der Waals surface area contributed by atoms with Crippen LogP contribution in [0.25, 0.3) is 10.2 Å². The third-order valence-corrected chi connectivity index (χ3v) is 6.85. The Labute approximate surface area is 201 Å². The lowest BCUT2D eigenvalue weighted by Gasteiger charge is -2.29. The highest BCUT2D eigenvalue weighted by atomic mass is 32.1. The minimum absolute atomic E-state index is 0.161. The summed E-state index contributed by atoms with van der Waals surface area (Å²) in [7, 11) is 0. The average molecular weight is 479 g/mol. The van der Waals surface area contributed by atoms with Gasteiger partial charge in [-0.1, -0.05) is 12.7 Å². The van der Waals surface area contributed by atoms with Crippen LogP contribution in [-0.2, 0) is 4.79 Å². The van der Waals surface area contributed by atoms with E-state index in [1.54, 1.807) is 37.7 Å². The predicted molar refractivity (Wildman–Crippen MR) is 135 cm³/mol. The number of nitrogens with one attached hydrogen (secondary N) is 3. The van der Waals surface area contributed by atoms with Gasteiger partial charge in [0, 0.05) is 24.5 Å². The first kappa shape index (κ1) is 23.4. The van der Waals surface area contributed by atoms with Crippen LogP contribution >= 0.6 is 11.3 Å². The third-order valence-electron chi connectivity index (χ3n) is 5.75. The second-order valence-electron chi connectivity index (χ2n) is 7.87. The molecule has 176 valence electrons. The molecular weight excluding hydrogens is 452 g/mol. The van der Waals surface area contributed by atoms with Crippen molar-refractivity contribution in [1.29, 1.82) is 0 Å². The van der Waals surface area contributed by atoms with E-state index in [-0.39, 0.29) is 29.9 Å². The van der Waals surface area contributed by atoms with E-state index in [1.165, 1.54) is 22.3 Å². The van der Waals surface area contributed by atoms with Crippen LogP contribution in [0.2, 0.25) is 0 Å². The molecule has 3 heterocycles. The van der Waals surface area contributed by atoms with Gasteiger partial charge in [0.05, 0.1) is 28.7 Å². The number of pyridine rings is 1. The van der Waals surface area contributed by atoms with Gasteiger partial charge in [0.25, 0.3) is 5.91 Å². The standard InChI is InChI=1S/C24H26N6O3S/c1-4-8-14(13-25-6-3)30-17-11-12-26-23-19(17)20(29-24(30)33)21(34-23)22(32)28-16-10-7-9-15(16)27-18(31)5-2/h4-6,8,11-13,15-16H,2,7,9-10H2,1,3H3,(H,27,31)(H,28,32)(H,29,33)/b8-4+,14-13+,25-6-/t15-,16+/m1/s1. The summed E-state index contributed by atoms with van der Waals surface area (Å²) in [5.74, 6) is -0.566. The molecule has 1 saturated carbocycles. The Morgan fingerprint density at radius 3 is 2.76 bits per heavy atom. The van der Waals surface area contributed by atoms with Crippen molar-refractivity contribution in [2.45, 2.75) is 45.2 Å². The fourth-order valence-electron chi connectivity index (χ4n) is 4.28. The van der Waals surface area contributed by atoms with Gasteiger partial charge >= 0.3 is 6.03 Å². The van der Waals surface area contributed by atoms with Gasteiger partial charge in [-0.3, -0.25) is 19.5 Å². The van der Waals surface area contributed by atoms with Crippen LogP contribution in [0.3, 0.4) is 0 Å². The molecule has 0 bridgehead atoms. The minimum Gasteiger partial charge on any atom is -0.348 e. The minimum atomic E-state index is -0.389. The predicted octanol–water partition coefficient (Wildman–Crippen LogP) is 4.11. The van der Waals surface area contributed by atoms with Crippen molar-refractivity contribution in [1.82, 2.24) is 15.6 Å². The molecule has 0 spiro atoms. The van der Waals surface area contributed by atoms with Gasteiger partial charge in [-0.2, -0.15) is 0 Å². The lowest BCUT2D eigenvalue weighted by molar-refractivity contribution is -0.117. The van der Waals surface area contributed by atoms with Gasteiger partial charge in [-0.25, -0.2) is 9.78 Å². The lowest BCUT2D eigenvalue weighted by Crippen LogP contribution is -2.48. The van der Waals surface area contributed by atoms with Crippen molar-refractivity contribution in [2.75, 3.05) is 10.2 Å². The molecule has 34 heavy (non-hydrogen) atoms. The van der Waals surface area contributed by atoms with E-state index in [4.69, 9.17) is 0 Å². The Morgan fingerprint density at radius 1 is 1.29 bits per heavy atom. The smallest absolute Gasteiger partial charge is 0.331 e. The molecule has 1 aliphatic carbocycles. The van der Waals surface area contributed by atoms with Crippen LogP contribution in [-0.4, -0.2) is 41.1 Å². The Balaban J connectivity index is 1.69. The first-order valence-electron chi connectivity index (χ1n) is 11.1. The first-order valence-corrected chi connectivity index (χ1v) is 11.9. The topological polar surface area (TPSA) is 116 Å². The van der Waals surface area contributed by atoms with Gasteiger partial charge in [0.2, 0.25) is 5.91 Å². The Hall–Kier alpha value is -3.79. The van der Waals surface area contributed by atoms with Gasteiger partial charge in [-0.05, 0) is 51.3 Å². The zero-order valence-electron chi connectivity index (χ0n) is 19.0. The second-order valence-corrected chi connectivity index (χ2v) is 8.87. The second kappa shape index (κ2) is 10.0. The molecule has 4 amide bonds. The number of carbonyl (C=O) groups excluding carboxylic acids is 3. The number of hydrogen-bond acceptors (Lipinski definition) is 6. The summed E-state index contributed by atoms with van der Waals surface area (Å²) in [4.78, 5) is 49.4. The number of aromatic nitrogens is 1. The number of aliphatic imine (C=N–C) groups is 1. The van der Waals surface area contributed by atoms with Crippen molar-refractivity contribution in [3.05, 3.63) is 53.8 Å². The van der Waals surface area contributed by atoms with E-state index in [0.717, 1.165) is 19.3 Å². The lowest BCUT2D eigenvalue weighted by atomic mass is 10.1. The van der Waals surface area contributed by atoms with E-state index in [9.17, 15) is 14.4 Å². The van der Waals surface area contributed by atoms with Crippen LogP contribution in [0.5, 0.6) is 0 Å². The van der Waals surface area contributed by atoms with Gasteiger partial charge in [-0.15, -0.1) is 11.3 Å². The fraction of sp³-hybridized carbons (Fsp3) is 0.292. The number of carbonyl (C=O) groups is 3. The van der Waals surface area contributed by atoms with E-state index >= 15 is 0 Å². The summed E-state index contributed by atoms with van der Waals surface area (Å²) in [5, 5.41) is 9.51. The summed E-state index contributed by atoms with van der Waals surface area (Å²) in [5.41, 5.74) is 1.66. The zero-order chi connectivity index (χ0) is 24.2. The van der Waals surface area contributed by atoms with E-state index in [2.05, 4.69) is 32.5 Å². The summed E-state index contributed by atoms with van der Waals surface area (Å²) < 4.78 is 0. The van der Waals surface area contributed by atoms with Crippen LogP contribution in [0.15, 0.2) is 54.0 Å². The normalized spacial score (nSPS) is 20.2. The number of hydrogen-bond donors (Lipinski definition) is 3. The first-order chi connectivity index (χ1) is 16.5. The summed E-state index contributed by atoms with van der Waals surface area (Å²) in [6.07, 6.45) is 12.1. The van der Waals surface area contributed by atoms with Crippen LogP contribution < -0.4 is 20.9 Å². The highest BCUT2D eigenvalue weighted by Crippen LogP contribution is 2.44.